The first-order valence-electron chi connectivity index (χ1n) is 12.1. The molecule has 0 aliphatic heterocycles. The highest BCUT2D eigenvalue weighted by Gasteiger charge is 2.51. The van der Waals surface area contributed by atoms with Crippen LogP contribution in [0.25, 0.3) is 0 Å². The van der Waals surface area contributed by atoms with Gasteiger partial charge < -0.3 is 15.3 Å². The van der Waals surface area contributed by atoms with Crippen molar-refractivity contribution in [3.63, 3.8) is 0 Å². The molecule has 0 amide bonds. The number of hydrogen-bond donors (Lipinski definition) is 3. The molecule has 28 heavy (non-hydrogen) atoms. The normalized spacial score (nSPS) is 54.3. The van der Waals surface area contributed by atoms with Crippen molar-refractivity contribution in [2.75, 3.05) is 0 Å². The van der Waals surface area contributed by atoms with Gasteiger partial charge in [-0.2, -0.15) is 0 Å². The van der Waals surface area contributed by atoms with Crippen LogP contribution in [-0.2, 0) is 0 Å². The highest BCUT2D eigenvalue weighted by molar-refractivity contribution is 5.00. The topological polar surface area (TPSA) is 60.7 Å². The Morgan fingerprint density at radius 1 is 0.464 bits per heavy atom. The molecule has 0 aromatic carbocycles. The van der Waals surface area contributed by atoms with Crippen molar-refractivity contribution in [1.82, 2.24) is 0 Å². The third kappa shape index (κ3) is 4.47. The van der Waals surface area contributed by atoms with Gasteiger partial charge in [0.25, 0.3) is 0 Å². The minimum Gasteiger partial charge on any atom is -0.393 e. The molecule has 0 spiro atoms. The lowest BCUT2D eigenvalue weighted by Crippen LogP contribution is -2.53. The van der Waals surface area contributed by atoms with E-state index in [4.69, 9.17) is 0 Å². The zero-order valence-electron chi connectivity index (χ0n) is 19.1. The molecule has 0 saturated heterocycles. The van der Waals surface area contributed by atoms with Crippen LogP contribution in [0.5, 0.6) is 0 Å². The minimum atomic E-state index is -0.305. The molecule has 0 heterocycles. The summed E-state index contributed by atoms with van der Waals surface area (Å²) >= 11 is 0. The van der Waals surface area contributed by atoms with Gasteiger partial charge >= 0.3 is 0 Å². The maximum Gasteiger partial charge on any atom is 0.0596 e. The Labute approximate surface area is 173 Å². The fourth-order valence-corrected chi connectivity index (χ4v) is 7.80. The maximum atomic E-state index is 11.3. The molecule has 0 bridgehead atoms. The van der Waals surface area contributed by atoms with Gasteiger partial charge in [-0.15, -0.1) is 0 Å². The molecule has 0 radical (unpaired) electrons. The molecular formula is C25H46O3. The molecule has 164 valence electrons. The maximum absolute atomic E-state index is 11.3. The molecule has 3 N–H and O–H groups in total. The molecule has 3 aliphatic rings. The van der Waals surface area contributed by atoms with Crippen LogP contribution in [0.1, 0.15) is 80.1 Å². The predicted octanol–water partition coefficient (Wildman–Crippen LogP) is 4.73. The average Bonchev–Trinajstić information content (AvgIpc) is 2.60. The van der Waals surface area contributed by atoms with Crippen LogP contribution in [0, 0.1) is 59.2 Å². The molecule has 3 heteroatoms. The molecule has 3 nitrogen and oxygen atoms in total. The van der Waals surface area contributed by atoms with E-state index in [2.05, 4.69) is 41.5 Å². The second kappa shape index (κ2) is 8.94. The zero-order chi connectivity index (χ0) is 20.7. The van der Waals surface area contributed by atoms with Gasteiger partial charge in [0.05, 0.1) is 18.3 Å². The second-order valence-corrected chi connectivity index (χ2v) is 11.7. The van der Waals surface area contributed by atoms with Gasteiger partial charge in [0.15, 0.2) is 0 Å². The lowest BCUT2D eigenvalue weighted by atomic mass is 9.54. The van der Waals surface area contributed by atoms with Crippen LogP contribution in [0.3, 0.4) is 0 Å². The van der Waals surface area contributed by atoms with Gasteiger partial charge in [-0.3, -0.25) is 0 Å². The van der Waals surface area contributed by atoms with Gasteiger partial charge in [0, 0.05) is 0 Å². The van der Waals surface area contributed by atoms with E-state index in [1.807, 2.05) is 0 Å². The van der Waals surface area contributed by atoms with Gasteiger partial charge in [-0.25, -0.2) is 0 Å². The molecular weight excluding hydrogens is 348 g/mol. The summed E-state index contributed by atoms with van der Waals surface area (Å²) < 4.78 is 0. The van der Waals surface area contributed by atoms with Crippen LogP contribution in [0.2, 0.25) is 0 Å². The molecule has 0 aromatic rings. The van der Waals surface area contributed by atoms with E-state index in [0.29, 0.717) is 35.5 Å². The number of hydrogen-bond acceptors (Lipinski definition) is 3. The highest BCUT2D eigenvalue weighted by atomic mass is 16.3. The SMILES string of the molecule is CC1CC(C)C(O)C(C(C2CC(C)CC(C)C2O)C2CC(C)CC(C)C2O)C1. The van der Waals surface area contributed by atoms with E-state index in [1.54, 1.807) is 0 Å². The Kier molecular flexibility index (Phi) is 7.20. The van der Waals surface area contributed by atoms with Crippen molar-refractivity contribution < 1.29 is 15.3 Å². The largest absolute Gasteiger partial charge is 0.393 e. The van der Waals surface area contributed by atoms with Gasteiger partial charge in [0.1, 0.15) is 0 Å². The fraction of sp³-hybridized carbons (Fsp3) is 1.00. The fourth-order valence-electron chi connectivity index (χ4n) is 7.80. The van der Waals surface area contributed by atoms with Crippen LogP contribution in [-0.4, -0.2) is 33.6 Å². The first-order valence-corrected chi connectivity index (χ1v) is 12.1. The molecule has 3 fully saturated rings. The Morgan fingerprint density at radius 2 is 0.714 bits per heavy atom. The van der Waals surface area contributed by atoms with Crippen LogP contribution in [0.4, 0.5) is 0 Å². The molecule has 3 rings (SSSR count). The van der Waals surface area contributed by atoms with E-state index in [1.165, 1.54) is 0 Å². The third-order valence-corrected chi connectivity index (χ3v) is 8.89. The predicted molar refractivity (Wildman–Crippen MR) is 115 cm³/mol. The summed E-state index contributed by atoms with van der Waals surface area (Å²) in [4.78, 5) is 0. The van der Waals surface area contributed by atoms with Crippen molar-refractivity contribution in [2.24, 2.45) is 59.2 Å². The van der Waals surface area contributed by atoms with Crippen LogP contribution < -0.4 is 0 Å². The van der Waals surface area contributed by atoms with Crippen LogP contribution >= 0.6 is 0 Å². The van der Waals surface area contributed by atoms with Crippen molar-refractivity contribution in [3.8, 4) is 0 Å². The Balaban J connectivity index is 1.98. The molecule has 0 aromatic heterocycles. The Bertz CT molecular complexity index is 437. The molecule has 12 unspecified atom stereocenters. The summed E-state index contributed by atoms with van der Waals surface area (Å²) in [5.74, 6) is 3.58. The lowest BCUT2D eigenvalue weighted by molar-refractivity contribution is -0.131. The average molecular weight is 395 g/mol. The summed E-state index contributed by atoms with van der Waals surface area (Å²) in [5, 5.41) is 33.8. The third-order valence-electron chi connectivity index (χ3n) is 8.89. The van der Waals surface area contributed by atoms with Crippen LogP contribution in [0.15, 0.2) is 0 Å². The summed E-state index contributed by atoms with van der Waals surface area (Å²) in [5.41, 5.74) is 0. The number of aliphatic hydroxyl groups is 3. The van der Waals surface area contributed by atoms with Crippen molar-refractivity contribution in [2.45, 2.75) is 98.4 Å². The lowest BCUT2D eigenvalue weighted by Gasteiger charge is -2.53. The highest BCUT2D eigenvalue weighted by Crippen LogP contribution is 2.52. The van der Waals surface area contributed by atoms with Gasteiger partial charge in [0.2, 0.25) is 0 Å². The minimum absolute atomic E-state index is 0.202. The van der Waals surface area contributed by atoms with Crippen molar-refractivity contribution >= 4 is 0 Å². The zero-order valence-corrected chi connectivity index (χ0v) is 19.1. The van der Waals surface area contributed by atoms with E-state index in [-0.39, 0.29) is 42.0 Å². The first kappa shape index (κ1) is 22.6. The van der Waals surface area contributed by atoms with Crippen molar-refractivity contribution in [1.29, 1.82) is 0 Å². The summed E-state index contributed by atoms with van der Waals surface area (Å²) in [7, 11) is 0. The standard InChI is InChI=1S/C25H46O3/c1-13-7-16(4)23(26)19(10-13)22(20-11-14(2)8-17(5)24(20)27)21-12-15(3)9-18(6)25(21)28/h13-28H,7-12H2,1-6H3. The molecule has 3 saturated carbocycles. The monoisotopic (exact) mass is 394 g/mol. The van der Waals surface area contributed by atoms with E-state index in [9.17, 15) is 15.3 Å². The van der Waals surface area contributed by atoms with Crippen molar-refractivity contribution in [3.05, 3.63) is 0 Å². The van der Waals surface area contributed by atoms with Gasteiger partial charge in [-0.1, -0.05) is 41.5 Å². The summed E-state index contributed by atoms with van der Waals surface area (Å²) in [6.07, 6.45) is 5.46. The first-order chi connectivity index (χ1) is 13.1. The summed E-state index contributed by atoms with van der Waals surface area (Å²) in [6, 6.07) is 0. The number of rotatable bonds is 3. The second-order valence-electron chi connectivity index (χ2n) is 11.7. The number of aliphatic hydroxyl groups excluding tert-OH is 3. The quantitative estimate of drug-likeness (QED) is 0.648. The van der Waals surface area contributed by atoms with E-state index in [0.717, 1.165) is 38.5 Å². The molecule has 12 atom stereocenters. The Morgan fingerprint density at radius 3 is 0.964 bits per heavy atom. The molecule has 3 aliphatic carbocycles. The summed E-state index contributed by atoms with van der Waals surface area (Å²) in [6.45, 7) is 13.5. The van der Waals surface area contributed by atoms with E-state index >= 15 is 0 Å². The smallest absolute Gasteiger partial charge is 0.0596 e. The van der Waals surface area contributed by atoms with E-state index < -0.39 is 0 Å². The van der Waals surface area contributed by atoms with Gasteiger partial charge in [-0.05, 0) is 97.7 Å². The Hall–Kier alpha value is -0.120.